The fourth-order valence-electron chi connectivity index (χ4n) is 3.53. The number of amides is 1. The summed E-state index contributed by atoms with van der Waals surface area (Å²) in [6.07, 6.45) is -0.317. The fraction of sp³-hybridized carbons (Fsp3) is 0.476. The first-order valence-electron chi connectivity index (χ1n) is 9.87. The zero-order chi connectivity index (χ0) is 21.3. The van der Waals surface area contributed by atoms with E-state index >= 15 is 0 Å². The van der Waals surface area contributed by atoms with E-state index in [1.165, 1.54) is 9.47 Å². The Morgan fingerprint density at radius 3 is 2.55 bits per heavy atom. The molecule has 0 spiro atoms. The summed E-state index contributed by atoms with van der Waals surface area (Å²) in [7, 11) is 0. The second-order valence-electron chi connectivity index (χ2n) is 8.26. The van der Waals surface area contributed by atoms with E-state index in [-0.39, 0.29) is 35.8 Å². The maximum atomic E-state index is 13.4. The molecule has 0 saturated carbocycles. The molecule has 1 amide bonds. The van der Waals surface area contributed by atoms with Crippen LogP contribution < -0.4 is 26.6 Å². The molecule has 1 aromatic heterocycles. The van der Waals surface area contributed by atoms with Crippen LogP contribution >= 0.6 is 0 Å². The van der Waals surface area contributed by atoms with Gasteiger partial charge in [-0.1, -0.05) is 45.9 Å². The van der Waals surface area contributed by atoms with E-state index in [1.54, 1.807) is 0 Å². The first-order chi connectivity index (χ1) is 13.7. The summed E-state index contributed by atoms with van der Waals surface area (Å²) in [6.45, 7) is 8.39. The molecule has 8 heteroatoms. The van der Waals surface area contributed by atoms with Crippen LogP contribution in [0.25, 0.3) is 0 Å². The van der Waals surface area contributed by atoms with Crippen molar-refractivity contribution in [2.24, 2.45) is 11.8 Å². The molecule has 1 atom stereocenters. The molecular formula is C21H28N4O4. The molecule has 2 heterocycles. The number of benzene rings is 1. The monoisotopic (exact) mass is 400 g/mol. The van der Waals surface area contributed by atoms with Crippen molar-refractivity contribution in [3.63, 3.8) is 0 Å². The van der Waals surface area contributed by atoms with Gasteiger partial charge in [-0.3, -0.25) is 19.1 Å². The third kappa shape index (κ3) is 4.21. The second-order valence-corrected chi connectivity index (χ2v) is 8.26. The highest BCUT2D eigenvalue weighted by molar-refractivity contribution is 5.99. The Bertz CT molecular complexity index is 997. The molecule has 8 nitrogen and oxygen atoms in total. The number of aromatic amines is 1. The highest BCUT2D eigenvalue weighted by Crippen LogP contribution is 2.30. The van der Waals surface area contributed by atoms with Gasteiger partial charge in [-0.15, -0.1) is 0 Å². The van der Waals surface area contributed by atoms with Crippen LogP contribution in [0.4, 0.5) is 11.5 Å². The molecule has 0 saturated heterocycles. The smallest absolute Gasteiger partial charge is 0.330 e. The molecule has 156 valence electrons. The highest BCUT2D eigenvalue weighted by atomic mass is 16.5. The zero-order valence-corrected chi connectivity index (χ0v) is 17.3. The molecule has 2 aromatic rings. The molecule has 3 rings (SSSR count). The summed E-state index contributed by atoms with van der Waals surface area (Å²) in [4.78, 5) is 42.0. The number of rotatable bonds is 6. The molecule has 0 radical (unpaired) electrons. The molecule has 29 heavy (non-hydrogen) atoms. The molecule has 0 unspecified atom stereocenters. The molecule has 1 aliphatic heterocycles. The number of nitrogens with two attached hydrogens (primary N) is 1. The van der Waals surface area contributed by atoms with Gasteiger partial charge in [-0.2, -0.15) is 0 Å². The van der Waals surface area contributed by atoms with E-state index in [9.17, 15) is 14.4 Å². The number of hydrogen-bond donors (Lipinski definition) is 2. The van der Waals surface area contributed by atoms with Gasteiger partial charge in [0.25, 0.3) is 11.5 Å². The Labute approximate surface area is 169 Å². The van der Waals surface area contributed by atoms with E-state index in [1.807, 2.05) is 52.0 Å². The van der Waals surface area contributed by atoms with Gasteiger partial charge in [0.2, 0.25) is 0 Å². The van der Waals surface area contributed by atoms with E-state index in [0.717, 1.165) is 5.56 Å². The lowest BCUT2D eigenvalue weighted by atomic mass is 10.1. The standard InChI is InChI=1S/C21H28N4O4/c1-12(2)10-24(20(27)16-9-14-7-5-6-8-15(14)29-16)17-18(22)25(11-13(3)4)21(28)23-19(17)26/h5-8,12-13,16H,9-11,22H2,1-4H3,(H,23,26,28)/t16-/m1/s1. The van der Waals surface area contributed by atoms with Crippen molar-refractivity contribution in [2.75, 3.05) is 17.2 Å². The van der Waals surface area contributed by atoms with Crippen molar-refractivity contribution >= 4 is 17.4 Å². The van der Waals surface area contributed by atoms with Crippen molar-refractivity contribution in [1.82, 2.24) is 9.55 Å². The van der Waals surface area contributed by atoms with Gasteiger partial charge in [0.05, 0.1) is 0 Å². The SMILES string of the molecule is CC(C)CN(C(=O)[C@H]1Cc2ccccc2O1)c1c(N)n(CC(C)C)c(=O)[nH]c1=O. The van der Waals surface area contributed by atoms with Gasteiger partial charge < -0.3 is 15.4 Å². The molecule has 1 aliphatic rings. The van der Waals surface area contributed by atoms with Crippen molar-refractivity contribution in [2.45, 2.75) is 46.8 Å². The molecule has 0 fully saturated rings. The number of fused-ring (bicyclic) bond motifs is 1. The Kier molecular flexibility index (Phi) is 5.81. The van der Waals surface area contributed by atoms with Crippen LogP contribution in [-0.4, -0.2) is 28.1 Å². The summed E-state index contributed by atoms with van der Waals surface area (Å²) in [5, 5.41) is 0. The number of aromatic nitrogens is 2. The first-order valence-corrected chi connectivity index (χ1v) is 9.87. The fourth-order valence-corrected chi connectivity index (χ4v) is 3.53. The lowest BCUT2D eigenvalue weighted by molar-refractivity contribution is -0.124. The maximum Gasteiger partial charge on any atom is 0.330 e. The number of hydrogen-bond acceptors (Lipinski definition) is 5. The molecular weight excluding hydrogens is 372 g/mol. The summed E-state index contributed by atoms with van der Waals surface area (Å²) >= 11 is 0. The molecule has 0 bridgehead atoms. The number of H-pyrrole nitrogens is 1. The molecule has 3 N–H and O–H groups in total. The zero-order valence-electron chi connectivity index (χ0n) is 17.3. The molecule has 0 aliphatic carbocycles. The minimum atomic E-state index is -0.740. The number of ether oxygens (including phenoxy) is 1. The van der Waals surface area contributed by atoms with Crippen LogP contribution in [0.1, 0.15) is 33.3 Å². The average molecular weight is 400 g/mol. The highest BCUT2D eigenvalue weighted by Gasteiger charge is 2.35. The number of nitrogens with one attached hydrogen (secondary N) is 1. The lowest BCUT2D eigenvalue weighted by Crippen LogP contribution is -2.47. The summed E-state index contributed by atoms with van der Waals surface area (Å²) in [5.41, 5.74) is 5.94. The van der Waals surface area contributed by atoms with E-state index in [2.05, 4.69) is 4.98 Å². The van der Waals surface area contributed by atoms with E-state index < -0.39 is 17.4 Å². The maximum absolute atomic E-state index is 13.4. The number of nitrogens with zero attached hydrogens (tertiary/aromatic N) is 2. The second kappa shape index (κ2) is 8.14. The van der Waals surface area contributed by atoms with Crippen LogP contribution in [0.15, 0.2) is 33.9 Å². The average Bonchev–Trinajstić information content (AvgIpc) is 3.07. The van der Waals surface area contributed by atoms with Gasteiger partial charge >= 0.3 is 5.69 Å². The van der Waals surface area contributed by atoms with Crippen LogP contribution in [0, 0.1) is 11.8 Å². The number of nitrogen functional groups attached to an aromatic ring is 1. The van der Waals surface area contributed by atoms with Crippen LogP contribution in [-0.2, 0) is 17.8 Å². The van der Waals surface area contributed by atoms with Crippen molar-refractivity contribution < 1.29 is 9.53 Å². The van der Waals surface area contributed by atoms with Gasteiger partial charge in [0.15, 0.2) is 11.8 Å². The largest absolute Gasteiger partial charge is 0.480 e. The Morgan fingerprint density at radius 2 is 1.93 bits per heavy atom. The first kappa shape index (κ1) is 20.7. The van der Waals surface area contributed by atoms with E-state index in [4.69, 9.17) is 10.5 Å². The summed E-state index contributed by atoms with van der Waals surface area (Å²) in [6, 6.07) is 7.48. The topological polar surface area (TPSA) is 110 Å². The minimum Gasteiger partial charge on any atom is -0.480 e. The number of para-hydroxylation sites is 1. The normalized spacial score (nSPS) is 15.4. The lowest BCUT2D eigenvalue weighted by Gasteiger charge is -2.28. The van der Waals surface area contributed by atoms with Gasteiger partial charge in [0.1, 0.15) is 11.6 Å². The Balaban J connectivity index is 2.03. The molecule has 1 aromatic carbocycles. The number of anilines is 2. The van der Waals surface area contributed by atoms with Crippen molar-refractivity contribution in [1.29, 1.82) is 0 Å². The predicted molar refractivity (Wildman–Crippen MR) is 112 cm³/mol. The van der Waals surface area contributed by atoms with Crippen molar-refractivity contribution in [3.8, 4) is 5.75 Å². The van der Waals surface area contributed by atoms with Crippen LogP contribution in [0.3, 0.4) is 0 Å². The van der Waals surface area contributed by atoms with Gasteiger partial charge in [0, 0.05) is 19.5 Å². The van der Waals surface area contributed by atoms with Crippen LogP contribution in [0.2, 0.25) is 0 Å². The number of carbonyl (C=O) groups excluding carboxylic acids is 1. The third-order valence-electron chi connectivity index (χ3n) is 4.77. The van der Waals surface area contributed by atoms with Gasteiger partial charge in [-0.05, 0) is 23.5 Å². The van der Waals surface area contributed by atoms with Gasteiger partial charge in [-0.25, -0.2) is 4.79 Å². The number of carbonyl (C=O) groups is 1. The quantitative estimate of drug-likeness (QED) is 0.768. The third-order valence-corrected chi connectivity index (χ3v) is 4.77. The minimum absolute atomic E-state index is 0.00281. The van der Waals surface area contributed by atoms with Crippen molar-refractivity contribution in [3.05, 3.63) is 50.7 Å². The van der Waals surface area contributed by atoms with Crippen LogP contribution in [0.5, 0.6) is 5.75 Å². The Morgan fingerprint density at radius 1 is 1.24 bits per heavy atom. The summed E-state index contributed by atoms with van der Waals surface area (Å²) in [5.74, 6) is 0.531. The van der Waals surface area contributed by atoms with E-state index in [0.29, 0.717) is 18.7 Å². The predicted octanol–water partition coefficient (Wildman–Crippen LogP) is 1.77. The summed E-state index contributed by atoms with van der Waals surface area (Å²) < 4.78 is 7.15. The Hall–Kier alpha value is -3.03.